The third kappa shape index (κ3) is 0.339. The molecule has 0 aromatic rings. The molecule has 0 aliphatic heterocycles. The number of rotatable bonds is 0. The van der Waals surface area contributed by atoms with Gasteiger partial charge in [-0.1, -0.05) is 20.3 Å². The van der Waals surface area contributed by atoms with Crippen molar-refractivity contribution in [2.75, 3.05) is 0 Å². The topological polar surface area (TPSA) is 0 Å². The fourth-order valence-electron chi connectivity index (χ4n) is 4.02. The van der Waals surface area contributed by atoms with Crippen LogP contribution in [0.2, 0.25) is 0 Å². The van der Waals surface area contributed by atoms with Crippen LogP contribution >= 0.6 is 0 Å². The van der Waals surface area contributed by atoms with E-state index in [2.05, 4.69) is 13.8 Å². The van der Waals surface area contributed by atoms with Crippen LogP contribution in [0.1, 0.15) is 33.1 Å². The fraction of sp³-hybridized carbons (Fsp3) is 1.00. The summed E-state index contributed by atoms with van der Waals surface area (Å²) in [7, 11) is 0. The summed E-state index contributed by atoms with van der Waals surface area (Å²) in [5.41, 5.74) is 0.943. The van der Waals surface area contributed by atoms with Crippen molar-refractivity contribution in [1.82, 2.24) is 0 Å². The summed E-state index contributed by atoms with van der Waals surface area (Å²) in [6.45, 7) is 4.91. The molecule has 0 saturated heterocycles. The van der Waals surface area contributed by atoms with E-state index in [9.17, 15) is 0 Å². The molecule has 3 aliphatic rings. The van der Waals surface area contributed by atoms with Crippen LogP contribution in [-0.4, -0.2) is 0 Å². The zero-order valence-corrected chi connectivity index (χ0v) is 6.93. The molecule has 0 radical (unpaired) electrons. The second-order valence-electron chi connectivity index (χ2n) is 4.86. The van der Waals surface area contributed by atoms with Gasteiger partial charge in [-0.25, -0.2) is 0 Å². The lowest BCUT2D eigenvalue weighted by Gasteiger charge is -2.28. The Balaban J connectivity index is 1.86. The molecule has 56 valence electrons. The average molecular weight is 136 g/mol. The van der Waals surface area contributed by atoms with Crippen LogP contribution in [0.4, 0.5) is 0 Å². The highest BCUT2D eigenvalue weighted by Crippen LogP contribution is 2.82. The van der Waals surface area contributed by atoms with Gasteiger partial charge < -0.3 is 0 Å². The summed E-state index contributed by atoms with van der Waals surface area (Å²) in [5, 5.41) is 0. The SMILES string of the molecule is CC1C(C)C2C1C21CCC1. The van der Waals surface area contributed by atoms with Crippen molar-refractivity contribution in [3.63, 3.8) is 0 Å². The second kappa shape index (κ2) is 1.31. The van der Waals surface area contributed by atoms with Crippen LogP contribution in [0, 0.1) is 29.1 Å². The Hall–Kier alpha value is 0. The van der Waals surface area contributed by atoms with Gasteiger partial charge in [-0.3, -0.25) is 0 Å². The molecule has 3 fully saturated rings. The molecule has 0 aromatic heterocycles. The molecular formula is C10H16. The highest BCUT2D eigenvalue weighted by molar-refractivity contribution is 5.24. The molecule has 3 saturated carbocycles. The number of fused-ring (bicyclic) bond motifs is 3. The van der Waals surface area contributed by atoms with Crippen molar-refractivity contribution in [1.29, 1.82) is 0 Å². The lowest BCUT2D eigenvalue weighted by molar-refractivity contribution is 0.195. The monoisotopic (exact) mass is 136 g/mol. The van der Waals surface area contributed by atoms with Crippen molar-refractivity contribution in [2.24, 2.45) is 29.1 Å². The minimum atomic E-state index is 0.943. The quantitative estimate of drug-likeness (QED) is 0.480. The Kier molecular flexibility index (Phi) is 0.735. The smallest absolute Gasteiger partial charge is 0.0230 e. The number of hydrogen-bond donors (Lipinski definition) is 0. The van der Waals surface area contributed by atoms with Crippen molar-refractivity contribution in [3.05, 3.63) is 0 Å². The number of hydrogen-bond acceptors (Lipinski definition) is 0. The maximum absolute atomic E-state index is 2.46. The predicted molar refractivity (Wildman–Crippen MR) is 41.6 cm³/mol. The van der Waals surface area contributed by atoms with Gasteiger partial charge in [-0.05, 0) is 41.9 Å². The summed E-state index contributed by atoms with van der Waals surface area (Å²) < 4.78 is 0. The van der Waals surface area contributed by atoms with Gasteiger partial charge >= 0.3 is 0 Å². The highest BCUT2D eigenvalue weighted by Gasteiger charge is 2.76. The van der Waals surface area contributed by atoms with Gasteiger partial charge in [0.05, 0.1) is 0 Å². The Morgan fingerprint density at radius 3 is 1.70 bits per heavy atom. The molecule has 4 atom stereocenters. The third-order valence-electron chi connectivity index (χ3n) is 4.85. The van der Waals surface area contributed by atoms with Gasteiger partial charge in [0.15, 0.2) is 0 Å². The minimum absolute atomic E-state index is 0.943. The van der Waals surface area contributed by atoms with Crippen molar-refractivity contribution < 1.29 is 0 Å². The highest BCUT2D eigenvalue weighted by atomic mass is 14.8. The molecule has 0 heterocycles. The third-order valence-corrected chi connectivity index (χ3v) is 4.85. The molecule has 0 heteroatoms. The molecule has 0 nitrogen and oxygen atoms in total. The fourth-order valence-corrected chi connectivity index (χ4v) is 4.02. The molecule has 3 aliphatic carbocycles. The van der Waals surface area contributed by atoms with E-state index >= 15 is 0 Å². The Bertz CT molecular complexity index is 162. The maximum Gasteiger partial charge on any atom is -0.0230 e. The van der Waals surface area contributed by atoms with E-state index in [0.717, 1.165) is 17.3 Å². The van der Waals surface area contributed by atoms with Crippen LogP contribution in [0.15, 0.2) is 0 Å². The van der Waals surface area contributed by atoms with E-state index in [1.807, 2.05) is 0 Å². The second-order valence-corrected chi connectivity index (χ2v) is 4.86. The molecule has 10 heavy (non-hydrogen) atoms. The van der Waals surface area contributed by atoms with Crippen molar-refractivity contribution >= 4 is 0 Å². The predicted octanol–water partition coefficient (Wildman–Crippen LogP) is 2.69. The molecule has 3 rings (SSSR count). The van der Waals surface area contributed by atoms with E-state index in [1.165, 1.54) is 18.3 Å². The lowest BCUT2D eigenvalue weighted by Crippen LogP contribution is -2.23. The van der Waals surface area contributed by atoms with Crippen LogP contribution in [-0.2, 0) is 0 Å². The van der Waals surface area contributed by atoms with E-state index in [4.69, 9.17) is 0 Å². The first-order valence-corrected chi connectivity index (χ1v) is 4.77. The molecule has 0 amide bonds. The van der Waals surface area contributed by atoms with Crippen LogP contribution < -0.4 is 0 Å². The van der Waals surface area contributed by atoms with Gasteiger partial charge in [0.2, 0.25) is 0 Å². The zero-order valence-electron chi connectivity index (χ0n) is 6.93. The van der Waals surface area contributed by atoms with Gasteiger partial charge in [-0.15, -0.1) is 0 Å². The minimum Gasteiger partial charge on any atom is -0.0619 e. The lowest BCUT2D eigenvalue weighted by atomic mass is 9.77. The van der Waals surface area contributed by atoms with Gasteiger partial charge in [0, 0.05) is 0 Å². The van der Waals surface area contributed by atoms with Crippen LogP contribution in [0.5, 0.6) is 0 Å². The van der Waals surface area contributed by atoms with E-state index in [-0.39, 0.29) is 0 Å². The normalized spacial score (nSPS) is 60.6. The summed E-state index contributed by atoms with van der Waals surface area (Å²) in [6.07, 6.45) is 4.69. The molecular weight excluding hydrogens is 120 g/mol. The summed E-state index contributed by atoms with van der Waals surface area (Å²) >= 11 is 0. The van der Waals surface area contributed by atoms with E-state index in [1.54, 1.807) is 12.8 Å². The Labute approximate surface area is 63.0 Å². The van der Waals surface area contributed by atoms with Gasteiger partial charge in [0.1, 0.15) is 0 Å². The molecule has 1 spiro atoms. The molecule has 4 unspecified atom stereocenters. The van der Waals surface area contributed by atoms with E-state index in [0.29, 0.717) is 0 Å². The summed E-state index contributed by atoms with van der Waals surface area (Å²) in [4.78, 5) is 0. The largest absolute Gasteiger partial charge is 0.0619 e. The summed E-state index contributed by atoms with van der Waals surface area (Å²) in [5.74, 6) is 4.53. The average Bonchev–Trinajstić information content (AvgIpc) is 2.51. The van der Waals surface area contributed by atoms with Crippen LogP contribution in [0.3, 0.4) is 0 Å². The maximum atomic E-state index is 2.46. The van der Waals surface area contributed by atoms with E-state index < -0.39 is 0 Å². The molecule has 0 bridgehead atoms. The summed E-state index contributed by atoms with van der Waals surface area (Å²) in [6, 6.07) is 0. The first-order valence-electron chi connectivity index (χ1n) is 4.77. The van der Waals surface area contributed by atoms with Gasteiger partial charge in [0.25, 0.3) is 0 Å². The standard InChI is InChI=1S/C10H16/c1-6-7(2)9-8(6)10(9)4-3-5-10/h6-9H,3-5H2,1-2H3. The molecule has 0 N–H and O–H groups in total. The molecule has 0 aromatic carbocycles. The van der Waals surface area contributed by atoms with Crippen LogP contribution in [0.25, 0.3) is 0 Å². The Morgan fingerprint density at radius 1 is 1.00 bits per heavy atom. The Morgan fingerprint density at radius 2 is 1.50 bits per heavy atom. The van der Waals surface area contributed by atoms with Crippen molar-refractivity contribution in [2.45, 2.75) is 33.1 Å². The van der Waals surface area contributed by atoms with Gasteiger partial charge in [-0.2, -0.15) is 0 Å². The first-order chi connectivity index (χ1) is 4.77. The van der Waals surface area contributed by atoms with Crippen molar-refractivity contribution in [3.8, 4) is 0 Å². The first kappa shape index (κ1) is 5.62. The zero-order chi connectivity index (χ0) is 6.93.